The van der Waals surface area contributed by atoms with Gasteiger partial charge in [0.25, 0.3) is 0 Å². The Morgan fingerprint density at radius 1 is 0.808 bits per heavy atom. The molecule has 1 N–H and O–H groups in total. The number of hydrogen-bond donors (Lipinski definition) is 1. The highest BCUT2D eigenvalue weighted by Gasteiger charge is 2.04. The van der Waals surface area contributed by atoms with Gasteiger partial charge in [0.15, 0.2) is 0 Å². The molecule has 0 saturated carbocycles. The fraction of sp³-hybridized carbons (Fsp3) is 0.136. The normalized spacial score (nSPS) is 10.2. The van der Waals surface area contributed by atoms with Crippen LogP contribution in [0.4, 0.5) is 5.69 Å². The fourth-order valence-corrected chi connectivity index (χ4v) is 2.35. The van der Waals surface area contributed by atoms with Crippen LogP contribution in [0.3, 0.4) is 0 Å². The Bertz CT molecular complexity index is 828. The standard InChI is InChI=1S/C22H21NO3/c1-17-7-11-19(12-8-17)25-16-15-22(24)23-18-9-13-21(14-10-18)26-20-5-3-2-4-6-20/h2-14H,15-16H2,1H3,(H,23,24). The number of anilines is 1. The molecular weight excluding hydrogens is 326 g/mol. The van der Waals surface area contributed by atoms with Gasteiger partial charge in [0.2, 0.25) is 5.91 Å². The van der Waals surface area contributed by atoms with E-state index < -0.39 is 0 Å². The first-order valence-electron chi connectivity index (χ1n) is 8.51. The van der Waals surface area contributed by atoms with Crippen LogP contribution in [0.1, 0.15) is 12.0 Å². The number of para-hydroxylation sites is 1. The van der Waals surface area contributed by atoms with Crippen molar-refractivity contribution in [2.24, 2.45) is 0 Å². The maximum Gasteiger partial charge on any atom is 0.227 e. The van der Waals surface area contributed by atoms with Crippen molar-refractivity contribution in [1.82, 2.24) is 0 Å². The predicted molar refractivity (Wildman–Crippen MR) is 103 cm³/mol. The summed E-state index contributed by atoms with van der Waals surface area (Å²) in [6.07, 6.45) is 0.288. The highest BCUT2D eigenvalue weighted by molar-refractivity contribution is 5.90. The number of hydrogen-bond acceptors (Lipinski definition) is 3. The van der Waals surface area contributed by atoms with E-state index in [1.54, 1.807) is 0 Å². The molecule has 0 bridgehead atoms. The predicted octanol–water partition coefficient (Wildman–Crippen LogP) is 5.19. The topological polar surface area (TPSA) is 47.6 Å². The molecule has 0 aliphatic heterocycles. The van der Waals surface area contributed by atoms with Gasteiger partial charge >= 0.3 is 0 Å². The summed E-state index contributed by atoms with van der Waals surface area (Å²) in [5.41, 5.74) is 1.90. The number of benzene rings is 3. The zero-order chi connectivity index (χ0) is 18.2. The molecule has 4 heteroatoms. The Hall–Kier alpha value is -3.27. The lowest BCUT2D eigenvalue weighted by Crippen LogP contribution is -2.15. The number of rotatable bonds is 7. The molecule has 1 amide bonds. The lowest BCUT2D eigenvalue weighted by atomic mass is 10.2. The van der Waals surface area contributed by atoms with Gasteiger partial charge < -0.3 is 14.8 Å². The molecule has 3 aromatic rings. The van der Waals surface area contributed by atoms with E-state index in [4.69, 9.17) is 9.47 Å². The smallest absolute Gasteiger partial charge is 0.227 e. The number of carbonyl (C=O) groups excluding carboxylic acids is 1. The molecule has 0 atom stereocenters. The molecular formula is C22H21NO3. The molecule has 132 valence electrons. The molecule has 0 aliphatic carbocycles. The molecule has 3 rings (SSSR count). The number of carbonyl (C=O) groups is 1. The highest BCUT2D eigenvalue weighted by atomic mass is 16.5. The summed E-state index contributed by atoms with van der Waals surface area (Å²) in [4.78, 5) is 12.0. The van der Waals surface area contributed by atoms with Crippen molar-refractivity contribution in [2.75, 3.05) is 11.9 Å². The molecule has 0 unspecified atom stereocenters. The third-order valence-electron chi connectivity index (χ3n) is 3.74. The van der Waals surface area contributed by atoms with Crippen LogP contribution in [-0.2, 0) is 4.79 Å². The van der Waals surface area contributed by atoms with E-state index in [-0.39, 0.29) is 12.3 Å². The van der Waals surface area contributed by atoms with Gasteiger partial charge in [0.1, 0.15) is 17.2 Å². The fourth-order valence-electron chi connectivity index (χ4n) is 2.35. The summed E-state index contributed by atoms with van der Waals surface area (Å²) in [5.74, 6) is 2.18. The number of aryl methyl sites for hydroxylation is 1. The van der Waals surface area contributed by atoms with Crippen LogP contribution in [0.25, 0.3) is 0 Å². The minimum absolute atomic E-state index is 0.0890. The maximum absolute atomic E-state index is 12.0. The van der Waals surface area contributed by atoms with Gasteiger partial charge in [-0.2, -0.15) is 0 Å². The second-order valence-electron chi connectivity index (χ2n) is 5.90. The molecule has 4 nitrogen and oxygen atoms in total. The molecule has 0 fully saturated rings. The van der Waals surface area contributed by atoms with Crippen molar-refractivity contribution >= 4 is 11.6 Å². The first kappa shape index (κ1) is 17.5. The van der Waals surface area contributed by atoms with Crippen molar-refractivity contribution in [3.63, 3.8) is 0 Å². The average molecular weight is 347 g/mol. The van der Waals surface area contributed by atoms with Crippen molar-refractivity contribution in [3.8, 4) is 17.2 Å². The zero-order valence-electron chi connectivity index (χ0n) is 14.6. The first-order chi connectivity index (χ1) is 12.7. The van der Waals surface area contributed by atoms with E-state index in [0.717, 1.165) is 22.9 Å². The third-order valence-corrected chi connectivity index (χ3v) is 3.74. The lowest BCUT2D eigenvalue weighted by molar-refractivity contribution is -0.116. The van der Waals surface area contributed by atoms with Gasteiger partial charge in [0, 0.05) is 5.69 Å². The summed E-state index contributed by atoms with van der Waals surface area (Å²) in [7, 11) is 0. The van der Waals surface area contributed by atoms with Crippen LogP contribution in [0.5, 0.6) is 17.2 Å². The van der Waals surface area contributed by atoms with Crippen LogP contribution in [0.15, 0.2) is 78.9 Å². The van der Waals surface area contributed by atoms with E-state index in [1.807, 2.05) is 85.8 Å². The molecule has 3 aromatic carbocycles. The molecule has 0 saturated heterocycles. The maximum atomic E-state index is 12.0. The van der Waals surface area contributed by atoms with E-state index in [1.165, 1.54) is 5.56 Å². The van der Waals surface area contributed by atoms with Crippen molar-refractivity contribution < 1.29 is 14.3 Å². The minimum Gasteiger partial charge on any atom is -0.493 e. The minimum atomic E-state index is -0.0890. The van der Waals surface area contributed by atoms with Gasteiger partial charge in [-0.1, -0.05) is 35.9 Å². The molecule has 0 spiro atoms. The molecule has 0 aromatic heterocycles. The number of ether oxygens (including phenoxy) is 2. The van der Waals surface area contributed by atoms with Crippen molar-refractivity contribution in [3.05, 3.63) is 84.4 Å². The lowest BCUT2D eigenvalue weighted by Gasteiger charge is -2.09. The molecule has 0 heterocycles. The monoisotopic (exact) mass is 347 g/mol. The summed E-state index contributed by atoms with van der Waals surface area (Å²) in [6, 6.07) is 24.6. The molecule has 0 aliphatic rings. The second-order valence-corrected chi connectivity index (χ2v) is 5.90. The van der Waals surface area contributed by atoms with Crippen LogP contribution >= 0.6 is 0 Å². The summed E-state index contributed by atoms with van der Waals surface area (Å²) >= 11 is 0. The van der Waals surface area contributed by atoms with E-state index in [0.29, 0.717) is 6.61 Å². The van der Waals surface area contributed by atoms with Gasteiger partial charge in [-0.05, 0) is 55.5 Å². The second kappa shape index (κ2) is 8.72. The van der Waals surface area contributed by atoms with E-state index in [2.05, 4.69) is 5.32 Å². The summed E-state index contributed by atoms with van der Waals surface area (Å²) in [5, 5.41) is 2.85. The number of amides is 1. The van der Waals surface area contributed by atoms with E-state index in [9.17, 15) is 4.79 Å². The van der Waals surface area contributed by atoms with Gasteiger partial charge in [-0.25, -0.2) is 0 Å². The Morgan fingerprint density at radius 2 is 1.42 bits per heavy atom. The van der Waals surface area contributed by atoms with Crippen LogP contribution in [-0.4, -0.2) is 12.5 Å². The Morgan fingerprint density at radius 3 is 2.12 bits per heavy atom. The first-order valence-corrected chi connectivity index (χ1v) is 8.51. The molecule has 26 heavy (non-hydrogen) atoms. The number of nitrogens with one attached hydrogen (secondary N) is 1. The summed E-state index contributed by atoms with van der Waals surface area (Å²) < 4.78 is 11.3. The van der Waals surface area contributed by atoms with Crippen LogP contribution in [0.2, 0.25) is 0 Å². The van der Waals surface area contributed by atoms with Gasteiger partial charge in [-0.3, -0.25) is 4.79 Å². The Labute approximate surface area is 153 Å². The quantitative estimate of drug-likeness (QED) is 0.639. The highest BCUT2D eigenvalue weighted by Crippen LogP contribution is 2.22. The SMILES string of the molecule is Cc1ccc(OCCC(=O)Nc2ccc(Oc3ccccc3)cc2)cc1. The van der Waals surface area contributed by atoms with Gasteiger partial charge in [-0.15, -0.1) is 0 Å². The molecule has 0 radical (unpaired) electrons. The zero-order valence-corrected chi connectivity index (χ0v) is 14.6. The van der Waals surface area contributed by atoms with Crippen LogP contribution in [0, 0.1) is 6.92 Å². The summed E-state index contributed by atoms with van der Waals surface area (Å²) in [6.45, 7) is 2.36. The van der Waals surface area contributed by atoms with Crippen molar-refractivity contribution in [2.45, 2.75) is 13.3 Å². The Balaban J connectivity index is 1.44. The van der Waals surface area contributed by atoms with Crippen molar-refractivity contribution in [1.29, 1.82) is 0 Å². The Kier molecular flexibility index (Phi) is 5.88. The van der Waals surface area contributed by atoms with Gasteiger partial charge in [0.05, 0.1) is 13.0 Å². The largest absolute Gasteiger partial charge is 0.493 e. The van der Waals surface area contributed by atoms with E-state index >= 15 is 0 Å². The average Bonchev–Trinajstić information content (AvgIpc) is 2.66. The van der Waals surface area contributed by atoms with Crippen LogP contribution < -0.4 is 14.8 Å². The third kappa shape index (κ3) is 5.38.